The van der Waals surface area contributed by atoms with E-state index in [2.05, 4.69) is 23.5 Å². The third-order valence-electron chi connectivity index (χ3n) is 4.59. The Labute approximate surface area is 132 Å². The average molecular weight is 303 g/mol. The Balaban J connectivity index is 1.45. The van der Waals surface area contributed by atoms with Crippen molar-refractivity contribution >= 4 is 5.91 Å². The third-order valence-corrected chi connectivity index (χ3v) is 4.59. The second-order valence-corrected chi connectivity index (χ2v) is 6.29. The summed E-state index contributed by atoms with van der Waals surface area (Å²) in [4.78, 5) is 11.9. The number of hydrogen-bond donors (Lipinski definition) is 1. The minimum Gasteiger partial charge on any atom is -0.381 e. The largest absolute Gasteiger partial charge is 0.381 e. The molecule has 1 aliphatic heterocycles. The number of ether oxygens (including phenoxy) is 2. The second kappa shape index (κ2) is 7.75. The summed E-state index contributed by atoms with van der Waals surface area (Å²) in [7, 11) is 0. The van der Waals surface area contributed by atoms with E-state index in [0.29, 0.717) is 19.3 Å². The molecule has 4 nitrogen and oxygen atoms in total. The Morgan fingerprint density at radius 3 is 2.68 bits per heavy atom. The van der Waals surface area contributed by atoms with Crippen LogP contribution in [0.25, 0.3) is 0 Å². The predicted molar refractivity (Wildman–Crippen MR) is 84.3 cm³/mol. The number of amides is 1. The third kappa shape index (κ3) is 4.31. The molecule has 1 aliphatic carbocycles. The van der Waals surface area contributed by atoms with E-state index < -0.39 is 0 Å². The first-order valence-corrected chi connectivity index (χ1v) is 8.36. The van der Waals surface area contributed by atoms with Crippen molar-refractivity contribution in [3.63, 3.8) is 0 Å². The molecule has 0 atom stereocenters. The number of hydrogen-bond acceptors (Lipinski definition) is 3. The minimum absolute atomic E-state index is 0.204. The monoisotopic (exact) mass is 303 g/mol. The number of rotatable bonds is 6. The topological polar surface area (TPSA) is 47.6 Å². The van der Waals surface area contributed by atoms with Gasteiger partial charge in [0.2, 0.25) is 5.91 Å². The second-order valence-electron chi connectivity index (χ2n) is 6.29. The summed E-state index contributed by atoms with van der Waals surface area (Å²) in [5, 5.41) is 3.04. The Bertz CT molecular complexity index is 493. The van der Waals surface area contributed by atoms with Gasteiger partial charge in [-0.05, 0) is 36.8 Å². The number of carbonyl (C=O) groups is 1. The summed E-state index contributed by atoms with van der Waals surface area (Å²) in [6, 6.07) is 8.30. The van der Waals surface area contributed by atoms with Crippen molar-refractivity contribution in [2.45, 2.75) is 51.4 Å². The SMILES string of the molecule is O=C(NCc1cccc(COC2CCOCC2)c1)C1CCC1. The molecule has 0 bridgehead atoms. The fraction of sp³-hybridized carbons (Fsp3) is 0.611. The van der Waals surface area contributed by atoms with Crippen LogP contribution in [0.3, 0.4) is 0 Å². The molecule has 1 aromatic rings. The van der Waals surface area contributed by atoms with Crippen molar-refractivity contribution in [1.82, 2.24) is 5.32 Å². The zero-order valence-corrected chi connectivity index (χ0v) is 13.1. The molecular formula is C18H25NO3. The minimum atomic E-state index is 0.204. The van der Waals surface area contributed by atoms with Gasteiger partial charge in [0, 0.05) is 25.7 Å². The van der Waals surface area contributed by atoms with Gasteiger partial charge in [0.25, 0.3) is 0 Å². The lowest BCUT2D eigenvalue weighted by Crippen LogP contribution is -2.33. The molecule has 2 fully saturated rings. The van der Waals surface area contributed by atoms with Crippen LogP contribution in [-0.4, -0.2) is 25.2 Å². The quantitative estimate of drug-likeness (QED) is 0.879. The molecule has 0 spiro atoms. The summed E-state index contributed by atoms with van der Waals surface area (Å²) >= 11 is 0. The summed E-state index contributed by atoms with van der Waals surface area (Å²) in [6.45, 7) is 2.85. The molecule has 1 aromatic carbocycles. The molecule has 0 radical (unpaired) electrons. The zero-order chi connectivity index (χ0) is 15.2. The molecule has 0 unspecified atom stereocenters. The molecule has 3 rings (SSSR count). The maximum atomic E-state index is 11.9. The molecule has 0 aromatic heterocycles. The normalized spacial score (nSPS) is 19.6. The van der Waals surface area contributed by atoms with Gasteiger partial charge in [-0.2, -0.15) is 0 Å². The van der Waals surface area contributed by atoms with Crippen LogP contribution in [0.5, 0.6) is 0 Å². The fourth-order valence-electron chi connectivity index (χ4n) is 2.89. The number of benzene rings is 1. The molecule has 1 saturated heterocycles. The van der Waals surface area contributed by atoms with Crippen molar-refractivity contribution in [1.29, 1.82) is 0 Å². The zero-order valence-electron chi connectivity index (χ0n) is 13.1. The van der Waals surface area contributed by atoms with Crippen LogP contribution < -0.4 is 5.32 Å². The first kappa shape index (κ1) is 15.5. The van der Waals surface area contributed by atoms with Crippen molar-refractivity contribution in [3.8, 4) is 0 Å². The maximum absolute atomic E-state index is 11.9. The molecule has 1 saturated carbocycles. The molecule has 4 heteroatoms. The molecule has 2 aliphatic rings. The smallest absolute Gasteiger partial charge is 0.223 e. The van der Waals surface area contributed by atoms with E-state index in [4.69, 9.17) is 9.47 Å². The highest BCUT2D eigenvalue weighted by molar-refractivity contribution is 5.79. The van der Waals surface area contributed by atoms with Gasteiger partial charge in [0.05, 0.1) is 12.7 Å². The van der Waals surface area contributed by atoms with Crippen LogP contribution in [0.1, 0.15) is 43.2 Å². The van der Waals surface area contributed by atoms with Crippen LogP contribution in [-0.2, 0) is 27.4 Å². The van der Waals surface area contributed by atoms with Gasteiger partial charge < -0.3 is 14.8 Å². The summed E-state index contributed by atoms with van der Waals surface area (Å²) in [5.41, 5.74) is 2.31. The number of nitrogens with one attached hydrogen (secondary N) is 1. The van der Waals surface area contributed by atoms with Crippen LogP contribution in [0, 0.1) is 5.92 Å². The molecular weight excluding hydrogens is 278 g/mol. The summed E-state index contributed by atoms with van der Waals surface area (Å²) < 4.78 is 11.3. The number of carbonyl (C=O) groups excluding carboxylic acids is 1. The van der Waals surface area contributed by atoms with E-state index in [-0.39, 0.29) is 11.8 Å². The Morgan fingerprint density at radius 2 is 1.95 bits per heavy atom. The van der Waals surface area contributed by atoms with Crippen molar-refractivity contribution < 1.29 is 14.3 Å². The van der Waals surface area contributed by atoms with E-state index in [1.807, 2.05) is 6.07 Å². The fourth-order valence-corrected chi connectivity index (χ4v) is 2.89. The lowest BCUT2D eigenvalue weighted by atomic mass is 9.85. The van der Waals surface area contributed by atoms with Crippen molar-refractivity contribution in [2.75, 3.05) is 13.2 Å². The molecule has 1 amide bonds. The summed E-state index contributed by atoms with van der Waals surface area (Å²) in [5.74, 6) is 0.454. The van der Waals surface area contributed by atoms with Crippen molar-refractivity contribution in [3.05, 3.63) is 35.4 Å². The standard InChI is InChI=1S/C18H25NO3/c20-18(16-5-2-6-16)19-12-14-3-1-4-15(11-14)13-22-17-7-9-21-10-8-17/h1,3-4,11,16-17H,2,5-10,12-13H2,(H,19,20). The lowest BCUT2D eigenvalue weighted by molar-refractivity contribution is -0.127. The van der Waals surface area contributed by atoms with Gasteiger partial charge in [-0.15, -0.1) is 0 Å². The predicted octanol–water partition coefficient (Wildman–Crippen LogP) is 2.80. The first-order valence-electron chi connectivity index (χ1n) is 8.36. The van der Waals surface area contributed by atoms with Gasteiger partial charge in [0.1, 0.15) is 0 Å². The van der Waals surface area contributed by atoms with Crippen LogP contribution >= 0.6 is 0 Å². The Morgan fingerprint density at radius 1 is 1.18 bits per heavy atom. The van der Waals surface area contributed by atoms with Crippen LogP contribution in [0.15, 0.2) is 24.3 Å². The van der Waals surface area contributed by atoms with Gasteiger partial charge in [-0.25, -0.2) is 0 Å². The highest BCUT2D eigenvalue weighted by Gasteiger charge is 2.24. The van der Waals surface area contributed by atoms with Crippen molar-refractivity contribution in [2.24, 2.45) is 5.92 Å². The molecule has 120 valence electrons. The van der Waals surface area contributed by atoms with E-state index in [1.54, 1.807) is 0 Å². The van der Waals surface area contributed by atoms with Crippen LogP contribution in [0.4, 0.5) is 0 Å². The van der Waals surface area contributed by atoms with E-state index in [1.165, 1.54) is 12.0 Å². The lowest BCUT2D eigenvalue weighted by Gasteiger charge is -2.24. The molecule has 1 N–H and O–H groups in total. The van der Waals surface area contributed by atoms with E-state index >= 15 is 0 Å². The molecule has 22 heavy (non-hydrogen) atoms. The maximum Gasteiger partial charge on any atom is 0.223 e. The first-order chi connectivity index (χ1) is 10.8. The summed E-state index contributed by atoms with van der Waals surface area (Å²) in [6.07, 6.45) is 5.57. The molecule has 1 heterocycles. The average Bonchev–Trinajstić information content (AvgIpc) is 2.51. The highest BCUT2D eigenvalue weighted by Crippen LogP contribution is 2.26. The van der Waals surface area contributed by atoms with Gasteiger partial charge in [-0.3, -0.25) is 4.79 Å². The van der Waals surface area contributed by atoms with Gasteiger partial charge >= 0.3 is 0 Å². The highest BCUT2D eigenvalue weighted by atomic mass is 16.5. The van der Waals surface area contributed by atoms with Crippen LogP contribution in [0.2, 0.25) is 0 Å². The Kier molecular flexibility index (Phi) is 5.46. The Hall–Kier alpha value is -1.39. The van der Waals surface area contributed by atoms with Gasteiger partial charge in [-0.1, -0.05) is 30.7 Å². The van der Waals surface area contributed by atoms with Gasteiger partial charge in [0.15, 0.2) is 0 Å². The van der Waals surface area contributed by atoms with E-state index in [9.17, 15) is 4.79 Å². The van der Waals surface area contributed by atoms with E-state index in [0.717, 1.165) is 44.5 Å².